The fourth-order valence-electron chi connectivity index (χ4n) is 1.06. The first-order valence-corrected chi connectivity index (χ1v) is 6.03. The van der Waals surface area contributed by atoms with Crippen LogP contribution < -0.4 is 0 Å². The van der Waals surface area contributed by atoms with Gasteiger partial charge in [-0.1, -0.05) is 0 Å². The van der Waals surface area contributed by atoms with Crippen LogP contribution >= 0.6 is 7.69 Å². The summed E-state index contributed by atoms with van der Waals surface area (Å²) in [4.78, 5) is 0. The van der Waals surface area contributed by atoms with Crippen LogP contribution in [0.3, 0.4) is 0 Å². The van der Waals surface area contributed by atoms with Crippen molar-refractivity contribution >= 4 is 7.69 Å². The zero-order valence-electron chi connectivity index (χ0n) is 8.33. The summed E-state index contributed by atoms with van der Waals surface area (Å²) < 4.78 is 98.4. The van der Waals surface area contributed by atoms with Gasteiger partial charge in [-0.3, -0.25) is 0 Å². The SMILES string of the molecule is CCN(CC)P(F)(F)(F)C(F)(F)C(F)(F)F. The molecule has 0 atom stereocenters. The Morgan fingerprint density at radius 2 is 1.19 bits per heavy atom. The van der Waals surface area contributed by atoms with Crippen molar-refractivity contribution in [3.8, 4) is 0 Å². The predicted octanol–water partition coefficient (Wildman–Crippen LogP) is 4.61. The van der Waals surface area contributed by atoms with Crippen LogP contribution in [-0.4, -0.2) is 29.6 Å². The summed E-state index contributed by atoms with van der Waals surface area (Å²) in [5.74, 6) is 0. The van der Waals surface area contributed by atoms with E-state index in [1.54, 1.807) is 0 Å². The molecule has 0 aliphatic rings. The van der Waals surface area contributed by atoms with Gasteiger partial charge in [0.1, 0.15) is 0 Å². The number of alkyl halides is 5. The van der Waals surface area contributed by atoms with E-state index in [0.717, 1.165) is 13.8 Å². The van der Waals surface area contributed by atoms with E-state index in [1.807, 2.05) is 0 Å². The third-order valence-electron chi connectivity index (χ3n) is 1.98. The molecule has 0 aromatic heterocycles. The fraction of sp³-hybridized carbons (Fsp3) is 1.00. The zero-order chi connectivity index (χ0) is 13.4. The van der Waals surface area contributed by atoms with E-state index >= 15 is 0 Å². The van der Waals surface area contributed by atoms with E-state index in [2.05, 4.69) is 0 Å². The second-order valence-electron chi connectivity index (χ2n) is 2.95. The first-order chi connectivity index (χ1) is 6.80. The van der Waals surface area contributed by atoms with Crippen LogP contribution in [0.15, 0.2) is 0 Å². The molecule has 0 spiro atoms. The van der Waals surface area contributed by atoms with Crippen LogP contribution in [0, 0.1) is 0 Å². The maximum atomic E-state index is 13.0. The Hall–Kier alpha value is -0.170. The summed E-state index contributed by atoms with van der Waals surface area (Å²) in [5.41, 5.74) is -6.65. The predicted molar refractivity (Wildman–Crippen MR) is 44.2 cm³/mol. The number of hydrogen-bond acceptors (Lipinski definition) is 1. The maximum absolute atomic E-state index is 13.0. The van der Waals surface area contributed by atoms with Crippen LogP contribution in [0.25, 0.3) is 0 Å². The molecule has 100 valence electrons. The summed E-state index contributed by atoms with van der Waals surface area (Å²) in [6.07, 6.45) is -6.62. The molecule has 0 heterocycles. The van der Waals surface area contributed by atoms with Gasteiger partial charge >= 0.3 is 85.7 Å². The van der Waals surface area contributed by atoms with Gasteiger partial charge in [0.15, 0.2) is 0 Å². The van der Waals surface area contributed by atoms with Crippen LogP contribution in [0.1, 0.15) is 13.8 Å². The van der Waals surface area contributed by atoms with Crippen molar-refractivity contribution in [2.24, 2.45) is 0 Å². The molecule has 0 amide bonds. The molecule has 0 aliphatic heterocycles. The molecule has 0 N–H and O–H groups in total. The Balaban J connectivity index is 5.62. The summed E-state index contributed by atoms with van der Waals surface area (Å²) in [5, 5.41) is 0. The standard InChI is InChI=1S/C6H10F8NP/c1-3-15(4-2)16(12,13,14)6(10,11)5(7,8)9/h3-4H2,1-2H3. The quantitative estimate of drug-likeness (QED) is 0.536. The third kappa shape index (κ3) is 2.11. The van der Waals surface area contributed by atoms with Gasteiger partial charge in [0, 0.05) is 0 Å². The molecule has 1 nitrogen and oxygen atoms in total. The molecule has 0 unspecified atom stereocenters. The molecule has 0 aliphatic carbocycles. The van der Waals surface area contributed by atoms with Crippen molar-refractivity contribution in [1.82, 2.24) is 4.67 Å². The van der Waals surface area contributed by atoms with Gasteiger partial charge in [0.25, 0.3) is 0 Å². The van der Waals surface area contributed by atoms with Crippen molar-refractivity contribution in [3.63, 3.8) is 0 Å². The molecule has 0 aromatic rings. The Labute approximate surface area is 86.7 Å². The summed E-state index contributed by atoms with van der Waals surface area (Å²) >= 11 is 0. The Morgan fingerprint density at radius 1 is 0.875 bits per heavy atom. The molecular formula is C6H10F8NP. The second-order valence-corrected chi connectivity index (χ2v) is 5.62. The van der Waals surface area contributed by atoms with Gasteiger partial charge in [-0.2, -0.15) is 0 Å². The third-order valence-corrected chi connectivity index (χ3v) is 4.61. The van der Waals surface area contributed by atoms with Gasteiger partial charge in [0.05, 0.1) is 0 Å². The van der Waals surface area contributed by atoms with Gasteiger partial charge in [-0.25, -0.2) is 0 Å². The minimum atomic E-state index is -8.80. The average Bonchev–Trinajstić information content (AvgIpc) is 2.01. The van der Waals surface area contributed by atoms with E-state index in [4.69, 9.17) is 0 Å². The molecule has 0 bridgehead atoms. The van der Waals surface area contributed by atoms with Crippen molar-refractivity contribution in [1.29, 1.82) is 0 Å². The zero-order valence-corrected chi connectivity index (χ0v) is 9.23. The molecule has 16 heavy (non-hydrogen) atoms. The van der Waals surface area contributed by atoms with Crippen molar-refractivity contribution in [2.75, 3.05) is 13.1 Å². The number of rotatable bonds is 4. The van der Waals surface area contributed by atoms with E-state index in [-0.39, 0.29) is 0 Å². The van der Waals surface area contributed by atoms with Crippen molar-refractivity contribution in [2.45, 2.75) is 25.7 Å². The molecular weight excluding hydrogens is 269 g/mol. The summed E-state index contributed by atoms with van der Waals surface area (Å²) in [6, 6.07) is 0. The molecule has 0 radical (unpaired) electrons. The minimum absolute atomic E-state index is 0.751. The molecule has 0 aromatic carbocycles. The van der Waals surface area contributed by atoms with Crippen LogP contribution in [0.2, 0.25) is 0 Å². The van der Waals surface area contributed by atoms with Gasteiger partial charge in [0.2, 0.25) is 0 Å². The van der Waals surface area contributed by atoms with E-state index in [9.17, 15) is 34.5 Å². The van der Waals surface area contributed by atoms with Crippen LogP contribution in [0.5, 0.6) is 0 Å². The van der Waals surface area contributed by atoms with Crippen LogP contribution in [-0.2, 0) is 0 Å². The Morgan fingerprint density at radius 3 is 1.38 bits per heavy atom. The number of nitrogens with zero attached hydrogens (tertiary/aromatic N) is 1. The van der Waals surface area contributed by atoms with E-state index in [1.165, 1.54) is 0 Å². The second kappa shape index (κ2) is 3.94. The monoisotopic (exact) mass is 279 g/mol. The van der Waals surface area contributed by atoms with Crippen LogP contribution in [0.4, 0.5) is 34.5 Å². The van der Waals surface area contributed by atoms with Crippen molar-refractivity contribution < 1.29 is 34.5 Å². The first-order valence-electron chi connectivity index (χ1n) is 4.17. The molecule has 0 fully saturated rings. The van der Waals surface area contributed by atoms with Crippen molar-refractivity contribution in [3.05, 3.63) is 0 Å². The molecule has 10 heteroatoms. The average molecular weight is 279 g/mol. The summed E-state index contributed by atoms with van der Waals surface area (Å²) in [6.45, 7) is -0.140. The van der Waals surface area contributed by atoms with Gasteiger partial charge in [-0.15, -0.1) is 0 Å². The molecule has 0 saturated carbocycles. The Kier molecular flexibility index (Phi) is 3.90. The normalized spacial score (nSPS) is 17.3. The van der Waals surface area contributed by atoms with Gasteiger partial charge in [-0.05, 0) is 0 Å². The fourth-order valence-corrected chi connectivity index (χ4v) is 2.74. The number of hydrogen-bond donors (Lipinski definition) is 0. The topological polar surface area (TPSA) is 3.24 Å². The number of halogens is 8. The van der Waals surface area contributed by atoms with Gasteiger partial charge < -0.3 is 0 Å². The summed E-state index contributed by atoms with van der Waals surface area (Å²) in [7, 11) is -8.80. The first kappa shape index (κ1) is 15.8. The van der Waals surface area contributed by atoms with E-state index in [0.29, 0.717) is 0 Å². The Bertz CT molecular complexity index is 249. The van der Waals surface area contributed by atoms with E-state index < -0.39 is 37.3 Å². The molecule has 0 saturated heterocycles. The molecule has 0 rings (SSSR count).